The molecule has 0 saturated heterocycles. The first-order valence-electron chi connectivity index (χ1n) is 9.93. The van der Waals surface area contributed by atoms with E-state index in [9.17, 15) is 4.79 Å². The summed E-state index contributed by atoms with van der Waals surface area (Å²) in [6.07, 6.45) is 0. The van der Waals surface area contributed by atoms with Crippen molar-refractivity contribution < 1.29 is 18.8 Å². The summed E-state index contributed by atoms with van der Waals surface area (Å²) in [5.74, 6) is 1.54. The highest BCUT2D eigenvalue weighted by molar-refractivity contribution is 5.87. The normalized spacial score (nSPS) is 16.4. The zero-order chi connectivity index (χ0) is 21.8. The molecule has 2 heterocycles. The molecular weight excluding hydrogens is 396 g/mol. The lowest BCUT2D eigenvalue weighted by Gasteiger charge is -2.35. The lowest BCUT2D eigenvalue weighted by Crippen LogP contribution is -2.47. The van der Waals surface area contributed by atoms with Crippen molar-refractivity contribution in [1.82, 2.24) is 20.4 Å². The van der Waals surface area contributed by atoms with Gasteiger partial charge in [0.15, 0.2) is 0 Å². The minimum absolute atomic E-state index is 0.214. The van der Waals surface area contributed by atoms with Crippen molar-refractivity contribution in [3.8, 4) is 17.1 Å². The number of methoxy groups -OCH3 is 2. The van der Waals surface area contributed by atoms with Crippen molar-refractivity contribution in [2.75, 3.05) is 27.4 Å². The monoisotopic (exact) mass is 420 g/mol. The van der Waals surface area contributed by atoms with Gasteiger partial charge >= 0.3 is 6.03 Å². The summed E-state index contributed by atoms with van der Waals surface area (Å²) < 4.78 is 16.2. The number of ether oxygens (including phenoxy) is 2. The fraction of sp³-hybridized carbons (Fsp3) is 0.261. The van der Waals surface area contributed by atoms with Gasteiger partial charge in [0.25, 0.3) is 5.89 Å². The Morgan fingerprint density at radius 2 is 1.94 bits per heavy atom. The van der Waals surface area contributed by atoms with Crippen LogP contribution in [0.1, 0.15) is 24.4 Å². The van der Waals surface area contributed by atoms with Crippen molar-refractivity contribution in [3.05, 3.63) is 71.7 Å². The fourth-order valence-electron chi connectivity index (χ4n) is 3.62. The predicted octanol–water partition coefficient (Wildman–Crippen LogP) is 3.89. The molecule has 1 atom stereocenters. The quantitative estimate of drug-likeness (QED) is 0.624. The molecule has 160 valence electrons. The molecule has 0 fully saturated rings. The summed E-state index contributed by atoms with van der Waals surface area (Å²) in [4.78, 5) is 19.1. The molecule has 1 aliphatic rings. The van der Waals surface area contributed by atoms with E-state index in [1.54, 1.807) is 19.1 Å². The Labute approximate surface area is 180 Å². The smallest absolute Gasteiger partial charge is 0.322 e. The van der Waals surface area contributed by atoms with Gasteiger partial charge in [-0.1, -0.05) is 47.6 Å². The molecule has 0 radical (unpaired) electrons. The topological polar surface area (TPSA) is 89.7 Å². The summed E-state index contributed by atoms with van der Waals surface area (Å²) in [7, 11) is 3.21. The molecule has 8 heteroatoms. The second-order valence-corrected chi connectivity index (χ2v) is 7.09. The van der Waals surface area contributed by atoms with Crippen LogP contribution in [0.5, 0.6) is 5.75 Å². The number of urea groups is 1. The first-order chi connectivity index (χ1) is 15.1. The van der Waals surface area contributed by atoms with Crippen molar-refractivity contribution in [3.63, 3.8) is 0 Å². The highest BCUT2D eigenvalue weighted by atomic mass is 16.5. The van der Waals surface area contributed by atoms with E-state index in [2.05, 4.69) is 15.5 Å². The Morgan fingerprint density at radius 1 is 1.13 bits per heavy atom. The molecule has 2 aromatic carbocycles. The van der Waals surface area contributed by atoms with Gasteiger partial charge in [-0.2, -0.15) is 4.98 Å². The number of hydrogen-bond acceptors (Lipinski definition) is 6. The zero-order valence-corrected chi connectivity index (χ0v) is 17.7. The Hall–Kier alpha value is -3.65. The molecule has 1 aliphatic heterocycles. The minimum atomic E-state index is -0.467. The average molecular weight is 420 g/mol. The summed E-state index contributed by atoms with van der Waals surface area (Å²) in [6, 6.07) is 16.5. The van der Waals surface area contributed by atoms with Crippen LogP contribution in [0.25, 0.3) is 17.0 Å². The van der Waals surface area contributed by atoms with Gasteiger partial charge in [0.2, 0.25) is 5.82 Å². The highest BCUT2D eigenvalue weighted by Crippen LogP contribution is 2.38. The van der Waals surface area contributed by atoms with Gasteiger partial charge in [0.1, 0.15) is 5.75 Å². The van der Waals surface area contributed by atoms with Gasteiger partial charge in [-0.15, -0.1) is 0 Å². The van der Waals surface area contributed by atoms with Crippen LogP contribution in [-0.4, -0.2) is 48.4 Å². The van der Waals surface area contributed by atoms with Crippen molar-refractivity contribution in [1.29, 1.82) is 0 Å². The summed E-state index contributed by atoms with van der Waals surface area (Å²) in [5.41, 5.74) is 3.17. The third-order valence-electron chi connectivity index (χ3n) is 5.23. The number of carbonyl (C=O) groups is 1. The van der Waals surface area contributed by atoms with E-state index in [0.29, 0.717) is 30.6 Å². The van der Waals surface area contributed by atoms with Crippen LogP contribution in [0.4, 0.5) is 4.79 Å². The number of allylic oxidation sites excluding steroid dienone is 1. The van der Waals surface area contributed by atoms with Crippen LogP contribution in [0.15, 0.2) is 64.8 Å². The molecule has 8 nitrogen and oxygen atoms in total. The van der Waals surface area contributed by atoms with Gasteiger partial charge < -0.3 is 19.3 Å². The molecule has 2 amide bonds. The van der Waals surface area contributed by atoms with E-state index in [0.717, 1.165) is 22.4 Å². The van der Waals surface area contributed by atoms with E-state index in [4.69, 9.17) is 14.0 Å². The number of carbonyl (C=O) groups excluding carboxylic acids is 1. The van der Waals surface area contributed by atoms with Crippen molar-refractivity contribution in [2.45, 2.75) is 13.0 Å². The van der Waals surface area contributed by atoms with Crippen LogP contribution in [0, 0.1) is 0 Å². The van der Waals surface area contributed by atoms with Crippen LogP contribution < -0.4 is 10.1 Å². The largest absolute Gasteiger partial charge is 0.497 e. The van der Waals surface area contributed by atoms with E-state index in [1.807, 2.05) is 61.5 Å². The maximum Gasteiger partial charge on any atom is 0.322 e. The Morgan fingerprint density at radius 3 is 2.68 bits per heavy atom. The first-order valence-corrected chi connectivity index (χ1v) is 9.93. The van der Waals surface area contributed by atoms with Gasteiger partial charge in [-0.3, -0.25) is 4.90 Å². The molecule has 0 spiro atoms. The molecule has 31 heavy (non-hydrogen) atoms. The number of hydrogen-bond donors (Lipinski definition) is 1. The Kier molecular flexibility index (Phi) is 5.99. The molecule has 0 bridgehead atoms. The fourth-order valence-corrected chi connectivity index (χ4v) is 3.62. The van der Waals surface area contributed by atoms with Crippen LogP contribution in [-0.2, 0) is 4.74 Å². The Balaban J connectivity index is 1.80. The third-order valence-corrected chi connectivity index (χ3v) is 5.23. The van der Waals surface area contributed by atoms with Crippen LogP contribution >= 0.6 is 0 Å². The van der Waals surface area contributed by atoms with Gasteiger partial charge in [0, 0.05) is 18.4 Å². The summed E-state index contributed by atoms with van der Waals surface area (Å²) in [5, 5.41) is 7.22. The van der Waals surface area contributed by atoms with E-state index in [-0.39, 0.29) is 6.03 Å². The van der Waals surface area contributed by atoms with E-state index < -0.39 is 6.04 Å². The third kappa shape index (κ3) is 4.15. The average Bonchev–Trinajstić information content (AvgIpc) is 3.29. The van der Waals surface area contributed by atoms with Crippen molar-refractivity contribution in [2.24, 2.45) is 0 Å². The number of nitrogens with zero attached hydrogens (tertiary/aromatic N) is 3. The first kappa shape index (κ1) is 20.6. The second kappa shape index (κ2) is 9.01. The SMILES string of the molecule is COCCN1C(=O)NC(c2cccc(OC)c2)C(c2nc(-c3ccccc3)no2)=C1C. The lowest BCUT2D eigenvalue weighted by molar-refractivity contribution is 0.158. The van der Waals surface area contributed by atoms with Crippen molar-refractivity contribution >= 4 is 11.6 Å². The lowest BCUT2D eigenvalue weighted by atomic mass is 9.94. The minimum Gasteiger partial charge on any atom is -0.497 e. The predicted molar refractivity (Wildman–Crippen MR) is 115 cm³/mol. The van der Waals surface area contributed by atoms with E-state index >= 15 is 0 Å². The molecule has 3 aromatic rings. The maximum atomic E-state index is 12.9. The van der Waals surface area contributed by atoms with Gasteiger partial charge in [-0.25, -0.2) is 4.79 Å². The number of amides is 2. The molecule has 1 aromatic heterocycles. The van der Waals surface area contributed by atoms with Crippen LogP contribution in [0.3, 0.4) is 0 Å². The standard InChI is InChI=1S/C23H24N4O4/c1-15-19(22-25-21(26-31-22)16-8-5-4-6-9-16)20(17-10-7-11-18(14-17)30-3)24-23(28)27(15)12-13-29-2/h4-11,14,20H,12-13H2,1-3H3,(H,24,28). The van der Waals surface area contributed by atoms with E-state index in [1.165, 1.54) is 0 Å². The number of aromatic nitrogens is 2. The molecule has 1 unspecified atom stereocenters. The molecule has 0 saturated carbocycles. The Bertz CT molecular complexity index is 1090. The molecular formula is C23H24N4O4. The second-order valence-electron chi connectivity index (χ2n) is 7.09. The number of benzene rings is 2. The summed E-state index contributed by atoms with van der Waals surface area (Å²) >= 11 is 0. The highest BCUT2D eigenvalue weighted by Gasteiger charge is 2.35. The maximum absolute atomic E-state index is 12.9. The molecule has 4 rings (SSSR count). The zero-order valence-electron chi connectivity index (χ0n) is 17.7. The van der Waals surface area contributed by atoms with Gasteiger partial charge in [-0.05, 0) is 24.6 Å². The van der Waals surface area contributed by atoms with Gasteiger partial charge in [0.05, 0.1) is 31.9 Å². The summed E-state index contributed by atoms with van der Waals surface area (Å²) in [6.45, 7) is 2.69. The number of nitrogens with one attached hydrogen (secondary N) is 1. The number of rotatable bonds is 7. The van der Waals surface area contributed by atoms with Crippen LogP contribution in [0.2, 0.25) is 0 Å². The molecule has 1 N–H and O–H groups in total. The molecule has 0 aliphatic carbocycles.